The summed E-state index contributed by atoms with van der Waals surface area (Å²) in [6.45, 7) is 1.90. The Morgan fingerprint density at radius 2 is 1.62 bits per heavy atom. The number of aryl methyl sites for hydroxylation is 1. The molecule has 4 nitrogen and oxygen atoms in total. The summed E-state index contributed by atoms with van der Waals surface area (Å²) in [4.78, 5) is 4.12. The summed E-state index contributed by atoms with van der Waals surface area (Å²) in [5.41, 5.74) is 1.68. The zero-order chi connectivity index (χ0) is 14.9. The van der Waals surface area contributed by atoms with E-state index in [-0.39, 0.29) is 15.7 Å². The largest absolute Gasteiger partial charge is 0.442 e. The maximum absolute atomic E-state index is 12.7. The van der Waals surface area contributed by atoms with Gasteiger partial charge in [0.15, 0.2) is 12.2 Å². The van der Waals surface area contributed by atoms with Crippen LogP contribution >= 0.6 is 0 Å². The molecule has 0 aliphatic carbocycles. The average molecular weight is 299 g/mol. The molecule has 0 atom stereocenters. The fourth-order valence-corrected chi connectivity index (χ4v) is 3.35. The van der Waals surface area contributed by atoms with Gasteiger partial charge in [-0.1, -0.05) is 48.0 Å². The van der Waals surface area contributed by atoms with Crippen molar-refractivity contribution in [2.24, 2.45) is 0 Å². The molecular formula is C16H13NO3S. The summed E-state index contributed by atoms with van der Waals surface area (Å²) >= 11 is 0. The van der Waals surface area contributed by atoms with Crippen LogP contribution in [0, 0.1) is 6.92 Å². The highest BCUT2D eigenvalue weighted by Gasteiger charge is 2.26. The highest BCUT2D eigenvalue weighted by atomic mass is 32.2. The summed E-state index contributed by atoms with van der Waals surface area (Å²) in [6.07, 6.45) is 1.16. The Balaban J connectivity index is 2.13. The van der Waals surface area contributed by atoms with Crippen LogP contribution in [0.5, 0.6) is 0 Å². The molecule has 3 aromatic rings. The summed E-state index contributed by atoms with van der Waals surface area (Å²) in [6, 6.07) is 15.7. The van der Waals surface area contributed by atoms with E-state index in [1.165, 1.54) is 0 Å². The first-order valence-electron chi connectivity index (χ1n) is 6.40. The second-order valence-electron chi connectivity index (χ2n) is 4.67. The van der Waals surface area contributed by atoms with E-state index in [2.05, 4.69) is 4.98 Å². The molecule has 0 radical (unpaired) electrons. The monoisotopic (exact) mass is 299 g/mol. The van der Waals surface area contributed by atoms with E-state index in [1.54, 1.807) is 36.4 Å². The molecule has 0 bridgehead atoms. The summed E-state index contributed by atoms with van der Waals surface area (Å²) in [7, 11) is -3.70. The van der Waals surface area contributed by atoms with E-state index in [4.69, 9.17) is 4.42 Å². The van der Waals surface area contributed by atoms with E-state index in [9.17, 15) is 8.42 Å². The SMILES string of the molecule is Cc1ccc(S(=O)(=O)c2ncoc2-c2ccccc2)cc1. The van der Waals surface area contributed by atoms with E-state index in [0.29, 0.717) is 5.56 Å². The van der Waals surface area contributed by atoms with Crippen LogP contribution in [-0.4, -0.2) is 13.4 Å². The van der Waals surface area contributed by atoms with Crippen molar-refractivity contribution in [1.82, 2.24) is 4.98 Å². The minimum atomic E-state index is -3.70. The second-order valence-corrected chi connectivity index (χ2v) is 6.53. The topological polar surface area (TPSA) is 60.2 Å². The Morgan fingerprint density at radius 3 is 2.29 bits per heavy atom. The lowest BCUT2D eigenvalue weighted by molar-refractivity contribution is 0.567. The van der Waals surface area contributed by atoms with Crippen molar-refractivity contribution in [3.63, 3.8) is 0 Å². The van der Waals surface area contributed by atoms with Gasteiger partial charge in [-0.05, 0) is 19.1 Å². The minimum absolute atomic E-state index is 0.0578. The van der Waals surface area contributed by atoms with Gasteiger partial charge in [-0.3, -0.25) is 0 Å². The first kappa shape index (κ1) is 13.6. The molecule has 106 valence electrons. The number of sulfone groups is 1. The number of nitrogens with zero attached hydrogens (tertiary/aromatic N) is 1. The molecule has 21 heavy (non-hydrogen) atoms. The first-order valence-corrected chi connectivity index (χ1v) is 7.88. The molecule has 0 saturated heterocycles. The van der Waals surface area contributed by atoms with Gasteiger partial charge in [-0.15, -0.1) is 0 Å². The third kappa shape index (κ3) is 2.48. The number of rotatable bonds is 3. The van der Waals surface area contributed by atoms with Crippen molar-refractivity contribution in [2.45, 2.75) is 16.8 Å². The van der Waals surface area contributed by atoms with Crippen molar-refractivity contribution in [2.75, 3.05) is 0 Å². The van der Waals surface area contributed by atoms with Gasteiger partial charge in [0, 0.05) is 5.56 Å². The Kier molecular flexibility index (Phi) is 3.35. The van der Waals surface area contributed by atoms with Gasteiger partial charge in [0.2, 0.25) is 14.9 Å². The lowest BCUT2D eigenvalue weighted by Crippen LogP contribution is -2.04. The summed E-state index contributed by atoms with van der Waals surface area (Å²) in [5.74, 6) is 0.260. The number of oxazole rings is 1. The first-order chi connectivity index (χ1) is 10.1. The van der Waals surface area contributed by atoms with Crippen molar-refractivity contribution in [1.29, 1.82) is 0 Å². The fourth-order valence-electron chi connectivity index (χ4n) is 2.04. The van der Waals surface area contributed by atoms with Crippen LogP contribution in [0.2, 0.25) is 0 Å². The summed E-state index contributed by atoms with van der Waals surface area (Å²) in [5, 5.41) is -0.0578. The van der Waals surface area contributed by atoms with Crippen molar-refractivity contribution < 1.29 is 12.8 Å². The number of aromatic nitrogens is 1. The van der Waals surface area contributed by atoms with Gasteiger partial charge >= 0.3 is 0 Å². The van der Waals surface area contributed by atoms with Crippen LogP contribution in [0.3, 0.4) is 0 Å². The zero-order valence-electron chi connectivity index (χ0n) is 11.4. The third-order valence-electron chi connectivity index (χ3n) is 3.16. The normalized spacial score (nSPS) is 11.5. The molecule has 1 aromatic heterocycles. The highest BCUT2D eigenvalue weighted by molar-refractivity contribution is 7.91. The van der Waals surface area contributed by atoms with Gasteiger partial charge in [0.1, 0.15) is 0 Å². The molecule has 0 aliphatic rings. The van der Waals surface area contributed by atoms with Gasteiger partial charge in [0.05, 0.1) is 4.90 Å². The minimum Gasteiger partial charge on any atom is -0.442 e. The molecule has 5 heteroatoms. The molecule has 3 rings (SSSR count). The quantitative estimate of drug-likeness (QED) is 0.743. The maximum atomic E-state index is 12.7. The lowest BCUT2D eigenvalue weighted by Gasteiger charge is -2.04. The Bertz CT molecular complexity index is 850. The van der Waals surface area contributed by atoms with Crippen LogP contribution in [0.1, 0.15) is 5.56 Å². The molecule has 2 aromatic carbocycles. The number of hydrogen-bond donors (Lipinski definition) is 0. The molecule has 0 saturated carbocycles. The van der Waals surface area contributed by atoms with Gasteiger partial charge in [0.25, 0.3) is 0 Å². The van der Waals surface area contributed by atoms with E-state index < -0.39 is 9.84 Å². The fraction of sp³-hybridized carbons (Fsp3) is 0.0625. The van der Waals surface area contributed by atoms with Gasteiger partial charge in [-0.25, -0.2) is 13.4 Å². The Morgan fingerprint density at radius 1 is 0.952 bits per heavy atom. The average Bonchev–Trinajstić information content (AvgIpc) is 2.99. The highest BCUT2D eigenvalue weighted by Crippen LogP contribution is 2.30. The van der Waals surface area contributed by atoms with Crippen molar-refractivity contribution >= 4 is 9.84 Å². The second kappa shape index (κ2) is 5.18. The molecular weight excluding hydrogens is 286 g/mol. The maximum Gasteiger partial charge on any atom is 0.227 e. The predicted octanol–water partition coefficient (Wildman–Crippen LogP) is 3.48. The van der Waals surface area contributed by atoms with Crippen LogP contribution in [0.15, 0.2) is 75.3 Å². The molecule has 0 unspecified atom stereocenters. The smallest absolute Gasteiger partial charge is 0.227 e. The van der Waals surface area contributed by atoms with Gasteiger partial charge < -0.3 is 4.42 Å². The van der Waals surface area contributed by atoms with E-state index >= 15 is 0 Å². The standard InChI is InChI=1S/C16H13NO3S/c1-12-7-9-14(10-8-12)21(18,19)16-15(20-11-17-16)13-5-3-2-4-6-13/h2-11H,1H3. The summed E-state index contributed by atoms with van der Waals surface area (Å²) < 4.78 is 30.6. The van der Waals surface area contributed by atoms with Crippen molar-refractivity contribution in [3.05, 3.63) is 66.6 Å². The van der Waals surface area contributed by atoms with E-state index in [0.717, 1.165) is 12.0 Å². The molecule has 0 fully saturated rings. The zero-order valence-corrected chi connectivity index (χ0v) is 12.2. The van der Waals surface area contributed by atoms with Crippen LogP contribution < -0.4 is 0 Å². The number of benzene rings is 2. The van der Waals surface area contributed by atoms with Crippen molar-refractivity contribution in [3.8, 4) is 11.3 Å². The van der Waals surface area contributed by atoms with Crippen LogP contribution in [-0.2, 0) is 9.84 Å². The van der Waals surface area contributed by atoms with Gasteiger partial charge in [-0.2, -0.15) is 0 Å². The Labute approximate surface area is 123 Å². The van der Waals surface area contributed by atoms with E-state index in [1.807, 2.05) is 25.1 Å². The molecule has 1 heterocycles. The molecule has 0 N–H and O–H groups in total. The molecule has 0 amide bonds. The lowest BCUT2D eigenvalue weighted by atomic mass is 10.2. The van der Waals surface area contributed by atoms with Crippen LogP contribution in [0.4, 0.5) is 0 Å². The predicted molar refractivity (Wildman–Crippen MR) is 78.6 cm³/mol. The van der Waals surface area contributed by atoms with Crippen LogP contribution in [0.25, 0.3) is 11.3 Å². The molecule has 0 spiro atoms. The molecule has 0 aliphatic heterocycles. The number of hydrogen-bond acceptors (Lipinski definition) is 4. The Hall–Kier alpha value is -2.40. The third-order valence-corrected chi connectivity index (χ3v) is 4.85.